The molecule has 1 aliphatic rings. The number of anilines is 2. The van der Waals surface area contributed by atoms with Crippen molar-refractivity contribution >= 4 is 35.0 Å². The summed E-state index contributed by atoms with van der Waals surface area (Å²) < 4.78 is 0. The van der Waals surface area contributed by atoms with Crippen LogP contribution in [0.5, 0.6) is 0 Å². The fourth-order valence-electron chi connectivity index (χ4n) is 3.85. The molecule has 3 rings (SSSR count). The highest BCUT2D eigenvalue weighted by Crippen LogP contribution is 2.22. The molecule has 2 N–H and O–H groups in total. The van der Waals surface area contributed by atoms with E-state index in [0.29, 0.717) is 36.3 Å². The van der Waals surface area contributed by atoms with Gasteiger partial charge in [0, 0.05) is 36.0 Å². The lowest BCUT2D eigenvalue weighted by atomic mass is 10.00. The minimum atomic E-state index is -0.152. The number of para-hydroxylation sites is 1. The van der Waals surface area contributed by atoms with Crippen LogP contribution >= 0.6 is 11.6 Å². The molecule has 1 saturated heterocycles. The van der Waals surface area contributed by atoms with Gasteiger partial charge in [-0.05, 0) is 48.2 Å². The van der Waals surface area contributed by atoms with E-state index in [0.717, 1.165) is 17.7 Å². The molecule has 2 amide bonds. The van der Waals surface area contributed by atoms with E-state index in [-0.39, 0.29) is 18.0 Å². The first-order chi connectivity index (χ1) is 15.4. The Morgan fingerprint density at radius 3 is 2.56 bits per heavy atom. The van der Waals surface area contributed by atoms with Crippen LogP contribution in [0.4, 0.5) is 16.2 Å². The number of benzene rings is 2. The number of guanidine groups is 1. The van der Waals surface area contributed by atoms with Crippen LogP contribution in [0.25, 0.3) is 0 Å². The smallest absolute Gasteiger partial charge is 0.321 e. The van der Waals surface area contributed by atoms with Gasteiger partial charge >= 0.3 is 6.03 Å². The van der Waals surface area contributed by atoms with Crippen molar-refractivity contribution in [2.24, 2.45) is 10.9 Å². The molecule has 0 aromatic heterocycles. The number of rotatable bonds is 4. The summed E-state index contributed by atoms with van der Waals surface area (Å²) in [5, 5.41) is 16.3. The van der Waals surface area contributed by atoms with E-state index in [4.69, 9.17) is 11.6 Å². The van der Waals surface area contributed by atoms with Crippen LogP contribution in [0.1, 0.15) is 26.3 Å². The monoisotopic (exact) mass is 452 g/mol. The first kappa shape index (κ1) is 23.4. The van der Waals surface area contributed by atoms with Gasteiger partial charge in [-0.25, -0.2) is 4.79 Å². The van der Waals surface area contributed by atoms with Gasteiger partial charge in [0.25, 0.3) is 0 Å². The molecule has 1 aliphatic heterocycles. The van der Waals surface area contributed by atoms with Crippen molar-refractivity contribution in [2.75, 3.05) is 30.3 Å². The van der Waals surface area contributed by atoms with Crippen molar-refractivity contribution in [1.29, 1.82) is 5.26 Å². The molecule has 8 heteroatoms. The number of aliphatic imine (C=N–C) groups is 1. The first-order valence-electron chi connectivity index (χ1n) is 10.8. The molecule has 1 atom stereocenters. The van der Waals surface area contributed by atoms with Gasteiger partial charge in [-0.2, -0.15) is 5.26 Å². The maximum absolute atomic E-state index is 12.9. The zero-order chi connectivity index (χ0) is 23.1. The fraction of sp³-hybridized carbons (Fsp3) is 0.375. The van der Waals surface area contributed by atoms with Crippen molar-refractivity contribution in [3.8, 4) is 6.19 Å². The maximum Gasteiger partial charge on any atom is 0.321 e. The number of piperazine rings is 1. The summed E-state index contributed by atoms with van der Waals surface area (Å²) in [5.41, 5.74) is 2.79. The number of hydrogen-bond acceptors (Lipinski definition) is 3. The summed E-state index contributed by atoms with van der Waals surface area (Å²) in [5.74, 6) is 0.762. The molecule has 2 aromatic carbocycles. The number of amides is 2. The number of nitriles is 1. The zero-order valence-electron chi connectivity index (χ0n) is 18.7. The molecule has 32 heavy (non-hydrogen) atoms. The lowest BCUT2D eigenvalue weighted by Gasteiger charge is -2.44. The number of carbonyl (C=O) groups is 1. The minimum Gasteiger partial charge on any atom is -0.335 e. The van der Waals surface area contributed by atoms with Crippen molar-refractivity contribution in [3.05, 3.63) is 59.1 Å². The van der Waals surface area contributed by atoms with Gasteiger partial charge in [-0.15, -0.1) is 4.99 Å². The van der Waals surface area contributed by atoms with E-state index >= 15 is 0 Å². The van der Waals surface area contributed by atoms with Crippen LogP contribution in [0, 0.1) is 17.4 Å². The molecular weight excluding hydrogens is 424 g/mol. The molecule has 0 radical (unpaired) electrons. The summed E-state index contributed by atoms with van der Waals surface area (Å²) >= 11 is 5.93. The van der Waals surface area contributed by atoms with Gasteiger partial charge in [0.15, 0.2) is 0 Å². The highest BCUT2D eigenvalue weighted by molar-refractivity contribution is 6.30. The summed E-state index contributed by atoms with van der Waals surface area (Å²) in [6.07, 6.45) is 2.80. The van der Waals surface area contributed by atoms with Gasteiger partial charge in [-0.3, -0.25) is 0 Å². The van der Waals surface area contributed by atoms with Gasteiger partial charge in [-0.1, -0.05) is 50.6 Å². The Bertz CT molecular complexity index is 998. The third kappa shape index (κ3) is 5.71. The van der Waals surface area contributed by atoms with Gasteiger partial charge in [0.2, 0.25) is 12.2 Å². The Morgan fingerprint density at radius 2 is 1.91 bits per heavy atom. The number of nitrogens with one attached hydrogen (secondary N) is 2. The average molecular weight is 453 g/mol. The number of halogens is 1. The summed E-state index contributed by atoms with van der Waals surface area (Å²) in [6.45, 7) is 7.93. The van der Waals surface area contributed by atoms with Crippen molar-refractivity contribution in [3.63, 3.8) is 0 Å². The fourth-order valence-corrected chi connectivity index (χ4v) is 3.97. The summed E-state index contributed by atoms with van der Waals surface area (Å²) in [4.78, 5) is 20.9. The van der Waals surface area contributed by atoms with Crippen molar-refractivity contribution in [2.45, 2.75) is 33.2 Å². The number of urea groups is 1. The summed E-state index contributed by atoms with van der Waals surface area (Å²) in [7, 11) is 0. The molecule has 0 aliphatic carbocycles. The van der Waals surface area contributed by atoms with Crippen LogP contribution in [-0.2, 0) is 6.42 Å². The Labute approximate surface area is 194 Å². The SMILES string of the molecule is CCc1ccccc1N/C(=N\C#N)N1CCN(C(=O)Nc2ccc(Cl)cc2)CC1C(C)C. The molecule has 1 unspecified atom stereocenters. The molecule has 7 nitrogen and oxygen atoms in total. The zero-order valence-corrected chi connectivity index (χ0v) is 19.4. The predicted octanol–water partition coefficient (Wildman–Crippen LogP) is 5.03. The Hall–Kier alpha value is -3.24. The van der Waals surface area contributed by atoms with Crippen molar-refractivity contribution < 1.29 is 4.79 Å². The van der Waals surface area contributed by atoms with Crippen LogP contribution in [0.3, 0.4) is 0 Å². The predicted molar refractivity (Wildman–Crippen MR) is 130 cm³/mol. The second kappa shape index (κ2) is 10.9. The molecule has 1 fully saturated rings. The van der Waals surface area contributed by atoms with Crippen LogP contribution in [0.15, 0.2) is 53.5 Å². The maximum atomic E-state index is 12.9. The normalized spacial score (nSPS) is 16.6. The minimum absolute atomic E-state index is 0.00751. The van der Waals surface area contributed by atoms with Crippen LogP contribution in [-0.4, -0.2) is 47.5 Å². The largest absolute Gasteiger partial charge is 0.335 e. The molecule has 1 heterocycles. The average Bonchev–Trinajstić information content (AvgIpc) is 2.80. The Kier molecular flexibility index (Phi) is 7.96. The lowest BCUT2D eigenvalue weighted by Crippen LogP contribution is -2.60. The first-order valence-corrected chi connectivity index (χ1v) is 11.2. The highest BCUT2D eigenvalue weighted by atomic mass is 35.5. The van der Waals surface area contributed by atoms with Gasteiger partial charge < -0.3 is 20.4 Å². The second-order valence-electron chi connectivity index (χ2n) is 8.06. The second-order valence-corrected chi connectivity index (χ2v) is 8.50. The van der Waals surface area contributed by atoms with E-state index in [1.54, 1.807) is 29.2 Å². The molecule has 168 valence electrons. The van der Waals surface area contributed by atoms with E-state index in [2.05, 4.69) is 47.4 Å². The Morgan fingerprint density at radius 1 is 1.19 bits per heavy atom. The van der Waals surface area contributed by atoms with Gasteiger partial charge in [0.1, 0.15) is 0 Å². The summed E-state index contributed by atoms with van der Waals surface area (Å²) in [6, 6.07) is 14.9. The van der Waals surface area contributed by atoms with Crippen LogP contribution in [0.2, 0.25) is 5.02 Å². The quantitative estimate of drug-likeness (QED) is 0.387. The number of hydrogen-bond donors (Lipinski definition) is 2. The highest BCUT2D eigenvalue weighted by Gasteiger charge is 2.33. The molecule has 0 spiro atoms. The van der Waals surface area contributed by atoms with Crippen molar-refractivity contribution in [1.82, 2.24) is 9.80 Å². The van der Waals surface area contributed by atoms with Gasteiger partial charge in [0.05, 0.1) is 6.04 Å². The van der Waals surface area contributed by atoms with E-state index in [9.17, 15) is 10.1 Å². The molecule has 2 aromatic rings. The van der Waals surface area contributed by atoms with Crippen LogP contribution < -0.4 is 10.6 Å². The third-order valence-corrected chi connectivity index (χ3v) is 5.90. The molecule has 0 bridgehead atoms. The third-order valence-electron chi connectivity index (χ3n) is 5.64. The number of aryl methyl sites for hydroxylation is 1. The molecular formula is C24H29ClN6O. The number of nitrogens with zero attached hydrogens (tertiary/aromatic N) is 4. The topological polar surface area (TPSA) is 83.8 Å². The lowest BCUT2D eigenvalue weighted by molar-refractivity contribution is 0.120. The van der Waals surface area contributed by atoms with E-state index in [1.807, 2.05) is 24.4 Å². The Balaban J connectivity index is 1.75. The van der Waals surface area contributed by atoms with E-state index in [1.165, 1.54) is 0 Å². The molecule has 0 saturated carbocycles. The number of carbonyl (C=O) groups excluding carboxylic acids is 1. The van der Waals surface area contributed by atoms with E-state index < -0.39 is 0 Å². The standard InChI is InChI=1S/C24H29ClN6O/c1-4-18-7-5-6-8-21(18)29-23(27-16-26)31-14-13-30(15-22(31)17(2)3)24(32)28-20-11-9-19(25)10-12-20/h5-12,17,22H,4,13-15H2,1-3H3,(H,27,29)(H,28,32).